The molecule has 186 valence electrons. The van der Waals surface area contributed by atoms with Crippen molar-refractivity contribution in [3.63, 3.8) is 0 Å². The van der Waals surface area contributed by atoms with Gasteiger partial charge in [-0.05, 0) is 36.4 Å². The van der Waals surface area contributed by atoms with Gasteiger partial charge in [-0.15, -0.1) is 0 Å². The van der Waals surface area contributed by atoms with Gasteiger partial charge in [0.05, 0.1) is 12.7 Å². The van der Waals surface area contributed by atoms with Gasteiger partial charge in [-0.2, -0.15) is 8.78 Å². The van der Waals surface area contributed by atoms with E-state index in [1.165, 1.54) is 31.4 Å². The van der Waals surface area contributed by atoms with Crippen LogP contribution < -0.4 is 18.9 Å². The third-order valence-electron chi connectivity index (χ3n) is 4.86. The standard InChI is InChI=1S/C24H12BrF5O6/c1-33-14-5-2-11(25)6-10(14)7-16-23(32)13-4-3-12(8-15(13)36-16)35-17(31)9-34-24-21(29)19(27)18(26)20(28)22(24)30/h2-8H,9H2,1H3/b16-7-. The monoisotopic (exact) mass is 570 g/mol. The molecule has 0 saturated carbocycles. The molecule has 36 heavy (non-hydrogen) atoms. The van der Waals surface area contributed by atoms with Crippen LogP contribution in [0.15, 0.2) is 46.6 Å². The van der Waals surface area contributed by atoms with Crippen molar-refractivity contribution in [1.29, 1.82) is 0 Å². The van der Waals surface area contributed by atoms with Crippen molar-refractivity contribution in [3.05, 3.63) is 86.8 Å². The number of carbonyl (C=O) groups is 2. The molecule has 0 saturated heterocycles. The van der Waals surface area contributed by atoms with Crippen molar-refractivity contribution < 1.29 is 50.5 Å². The number of benzene rings is 3. The third-order valence-corrected chi connectivity index (χ3v) is 5.35. The number of hydrogen-bond acceptors (Lipinski definition) is 6. The van der Waals surface area contributed by atoms with Gasteiger partial charge in [-0.1, -0.05) is 15.9 Å². The largest absolute Gasteiger partial charge is 0.496 e. The van der Waals surface area contributed by atoms with E-state index < -0.39 is 53.2 Å². The van der Waals surface area contributed by atoms with Gasteiger partial charge >= 0.3 is 5.97 Å². The first-order chi connectivity index (χ1) is 17.1. The summed E-state index contributed by atoms with van der Waals surface area (Å²) < 4.78 is 87.9. The third kappa shape index (κ3) is 4.76. The van der Waals surface area contributed by atoms with E-state index in [9.17, 15) is 31.5 Å². The van der Waals surface area contributed by atoms with E-state index in [-0.39, 0.29) is 22.8 Å². The summed E-state index contributed by atoms with van der Waals surface area (Å²) in [6.07, 6.45) is 1.47. The number of fused-ring (bicyclic) bond motifs is 1. The summed E-state index contributed by atoms with van der Waals surface area (Å²) in [5.74, 6) is -14.2. The molecule has 1 heterocycles. The van der Waals surface area contributed by atoms with Crippen molar-refractivity contribution in [2.45, 2.75) is 0 Å². The topological polar surface area (TPSA) is 71.1 Å². The number of hydrogen-bond donors (Lipinski definition) is 0. The van der Waals surface area contributed by atoms with Gasteiger partial charge in [-0.3, -0.25) is 4.79 Å². The van der Waals surface area contributed by atoms with Crippen LogP contribution in [0.1, 0.15) is 15.9 Å². The first-order valence-electron chi connectivity index (χ1n) is 9.87. The van der Waals surface area contributed by atoms with Crippen molar-refractivity contribution in [2.75, 3.05) is 13.7 Å². The van der Waals surface area contributed by atoms with Gasteiger partial charge in [0.25, 0.3) is 0 Å². The smallest absolute Gasteiger partial charge is 0.349 e. The number of allylic oxidation sites excluding steroid dienone is 1. The SMILES string of the molecule is COc1ccc(Br)cc1/C=C1\Oc2cc(OC(=O)COc3c(F)c(F)c(F)c(F)c3F)ccc2C1=O. The Hall–Kier alpha value is -3.93. The Balaban J connectivity index is 1.48. The normalized spacial score (nSPS) is 13.4. The molecule has 0 atom stereocenters. The summed E-state index contributed by atoms with van der Waals surface area (Å²) in [6.45, 7) is -1.18. The van der Waals surface area contributed by atoms with Crippen molar-refractivity contribution in [3.8, 4) is 23.0 Å². The van der Waals surface area contributed by atoms with E-state index >= 15 is 0 Å². The Morgan fingerprint density at radius 3 is 2.31 bits per heavy atom. The van der Waals surface area contributed by atoms with Crippen LogP contribution in [0.3, 0.4) is 0 Å². The van der Waals surface area contributed by atoms with Crippen LogP contribution in [0.4, 0.5) is 22.0 Å². The summed E-state index contributed by atoms with van der Waals surface area (Å²) in [6, 6.07) is 8.94. The number of Topliss-reactive ketones (excluding diaryl/α,β-unsaturated/α-hetero) is 1. The molecule has 0 aromatic heterocycles. The molecular formula is C24H12BrF5O6. The van der Waals surface area contributed by atoms with E-state index in [0.29, 0.717) is 11.3 Å². The average Bonchev–Trinajstić information content (AvgIpc) is 3.16. The lowest BCUT2D eigenvalue weighted by atomic mass is 10.1. The van der Waals surface area contributed by atoms with Crippen LogP contribution in [-0.4, -0.2) is 25.5 Å². The molecule has 0 bridgehead atoms. The Morgan fingerprint density at radius 2 is 1.64 bits per heavy atom. The summed E-state index contributed by atoms with van der Waals surface area (Å²) in [5, 5.41) is 0. The Labute approximate surface area is 208 Å². The molecule has 0 amide bonds. The molecule has 4 rings (SSSR count). The maximum Gasteiger partial charge on any atom is 0.349 e. The Morgan fingerprint density at radius 1 is 0.972 bits per heavy atom. The van der Waals surface area contributed by atoms with Gasteiger partial charge in [0.15, 0.2) is 18.1 Å². The predicted octanol–water partition coefficient (Wildman–Crippen LogP) is 5.75. The van der Waals surface area contributed by atoms with Crippen molar-refractivity contribution >= 4 is 33.8 Å². The van der Waals surface area contributed by atoms with E-state index in [2.05, 4.69) is 20.7 Å². The maximum absolute atomic E-state index is 13.7. The highest BCUT2D eigenvalue weighted by Gasteiger charge is 2.29. The fourth-order valence-electron chi connectivity index (χ4n) is 3.19. The summed E-state index contributed by atoms with van der Waals surface area (Å²) in [5.41, 5.74) is 0.729. The molecule has 3 aromatic carbocycles. The fourth-order valence-corrected chi connectivity index (χ4v) is 3.57. The molecule has 6 nitrogen and oxygen atoms in total. The van der Waals surface area contributed by atoms with Crippen molar-refractivity contribution in [2.24, 2.45) is 0 Å². The predicted molar refractivity (Wildman–Crippen MR) is 117 cm³/mol. The summed E-state index contributed by atoms with van der Waals surface area (Å²) >= 11 is 3.33. The van der Waals surface area contributed by atoms with Gasteiger partial charge in [0, 0.05) is 16.1 Å². The van der Waals surface area contributed by atoms with Crippen molar-refractivity contribution in [1.82, 2.24) is 0 Å². The molecule has 1 aliphatic rings. The van der Waals surface area contributed by atoms with E-state index in [1.807, 2.05) is 0 Å². The number of rotatable bonds is 6. The zero-order valence-electron chi connectivity index (χ0n) is 18.0. The first kappa shape index (κ1) is 25.2. The molecular weight excluding hydrogens is 559 g/mol. The molecule has 0 aliphatic carbocycles. The average molecular weight is 571 g/mol. The molecule has 0 fully saturated rings. The second kappa shape index (κ2) is 9.97. The molecule has 0 radical (unpaired) electrons. The Bertz CT molecular complexity index is 1410. The number of esters is 1. The highest BCUT2D eigenvalue weighted by Crippen LogP contribution is 2.36. The van der Waals surface area contributed by atoms with Crippen LogP contribution in [-0.2, 0) is 4.79 Å². The Kier molecular flexibility index (Phi) is 6.97. The minimum absolute atomic E-state index is 0.0282. The first-order valence-corrected chi connectivity index (χ1v) is 10.7. The maximum atomic E-state index is 13.7. The molecule has 3 aromatic rings. The number of halogens is 6. The highest BCUT2D eigenvalue weighted by molar-refractivity contribution is 9.10. The minimum atomic E-state index is -2.36. The second-order valence-corrected chi connectivity index (χ2v) is 8.06. The summed E-state index contributed by atoms with van der Waals surface area (Å²) in [7, 11) is 1.47. The molecule has 0 spiro atoms. The zero-order chi connectivity index (χ0) is 26.1. The van der Waals surface area contributed by atoms with Crippen LogP contribution in [0.25, 0.3) is 6.08 Å². The van der Waals surface area contributed by atoms with Gasteiger partial charge in [-0.25, -0.2) is 18.0 Å². The van der Waals surface area contributed by atoms with Crippen LogP contribution in [0.5, 0.6) is 23.0 Å². The number of methoxy groups -OCH3 is 1. The van der Waals surface area contributed by atoms with Crippen LogP contribution in [0.2, 0.25) is 0 Å². The van der Waals surface area contributed by atoms with E-state index in [0.717, 1.165) is 4.47 Å². The number of carbonyl (C=O) groups excluding carboxylic acids is 2. The summed E-state index contributed by atoms with van der Waals surface area (Å²) in [4.78, 5) is 24.7. The number of ketones is 1. The lowest BCUT2D eigenvalue weighted by molar-refractivity contribution is -0.136. The van der Waals surface area contributed by atoms with Crippen LogP contribution >= 0.6 is 15.9 Å². The van der Waals surface area contributed by atoms with Gasteiger partial charge < -0.3 is 18.9 Å². The zero-order valence-corrected chi connectivity index (χ0v) is 19.6. The quantitative estimate of drug-likeness (QED) is 0.0938. The number of ether oxygens (including phenoxy) is 4. The minimum Gasteiger partial charge on any atom is -0.496 e. The molecule has 1 aliphatic heterocycles. The molecule has 0 unspecified atom stereocenters. The van der Waals surface area contributed by atoms with Crippen LogP contribution in [0, 0.1) is 29.1 Å². The second-order valence-electron chi connectivity index (χ2n) is 7.15. The van der Waals surface area contributed by atoms with E-state index in [1.54, 1.807) is 18.2 Å². The lowest BCUT2D eigenvalue weighted by Crippen LogP contribution is -2.19. The fraction of sp³-hybridized carbons (Fsp3) is 0.0833. The van der Waals surface area contributed by atoms with Gasteiger partial charge in [0.2, 0.25) is 34.9 Å². The van der Waals surface area contributed by atoms with Gasteiger partial charge in [0.1, 0.15) is 17.2 Å². The van der Waals surface area contributed by atoms with E-state index in [4.69, 9.17) is 14.2 Å². The molecule has 0 N–H and O–H groups in total. The highest BCUT2D eigenvalue weighted by atomic mass is 79.9. The lowest BCUT2D eigenvalue weighted by Gasteiger charge is -2.10. The molecule has 12 heteroatoms.